The maximum Gasteiger partial charge on any atom is 0.323 e. The second-order valence-electron chi connectivity index (χ2n) is 5.55. The van der Waals surface area contributed by atoms with Gasteiger partial charge in [0.1, 0.15) is 5.54 Å². The van der Waals surface area contributed by atoms with Crippen LogP contribution < -0.4 is 5.32 Å². The van der Waals surface area contributed by atoms with E-state index in [0.717, 1.165) is 22.3 Å². The predicted octanol–water partition coefficient (Wildman–Crippen LogP) is 3.06. The van der Waals surface area contributed by atoms with Crippen LogP contribution in [0.2, 0.25) is 0 Å². The molecular weight excluding hydrogens is 322 g/mol. The quantitative estimate of drug-likeness (QED) is 0.796. The van der Waals surface area contributed by atoms with Crippen LogP contribution in [0.25, 0.3) is 0 Å². The Morgan fingerprint density at radius 1 is 1.55 bits per heavy atom. The highest BCUT2D eigenvalue weighted by molar-refractivity contribution is 9.10. The Kier molecular flexibility index (Phi) is 5.77. The number of aliphatic carboxylic acids is 1. The fraction of sp³-hybridized carbons (Fsp3) is 0.714. The van der Waals surface area contributed by atoms with Crippen molar-refractivity contribution in [1.82, 2.24) is 15.1 Å². The van der Waals surface area contributed by atoms with Crippen LogP contribution in [0.3, 0.4) is 0 Å². The zero-order valence-corrected chi connectivity index (χ0v) is 14.4. The lowest BCUT2D eigenvalue weighted by atomic mass is 9.93. The van der Waals surface area contributed by atoms with E-state index in [1.807, 2.05) is 32.4 Å². The molecular formula is C14H24BrN3O2. The molecule has 0 radical (unpaired) electrons. The standard InChI is InChI=1S/C14H24BrN3O2/c1-6-7-16-14(5,13(19)20)8-9(2)18-11(4)12(15)10(3)17-18/h9,16H,6-8H2,1-5H3,(H,19,20). The molecule has 0 aliphatic carbocycles. The molecule has 1 rings (SSSR count). The zero-order chi connectivity index (χ0) is 15.5. The number of nitrogens with one attached hydrogen (secondary N) is 1. The molecule has 0 spiro atoms. The minimum Gasteiger partial charge on any atom is -0.480 e. The van der Waals surface area contributed by atoms with Crippen LogP contribution in [0.4, 0.5) is 0 Å². The van der Waals surface area contributed by atoms with E-state index in [-0.39, 0.29) is 6.04 Å². The third kappa shape index (κ3) is 3.61. The van der Waals surface area contributed by atoms with E-state index in [9.17, 15) is 9.90 Å². The molecule has 2 N–H and O–H groups in total. The summed E-state index contributed by atoms with van der Waals surface area (Å²) in [6, 6.07) is 0.00505. The molecule has 6 heteroatoms. The summed E-state index contributed by atoms with van der Waals surface area (Å²) in [5.41, 5.74) is 1.01. The Bertz CT molecular complexity index is 487. The van der Waals surface area contributed by atoms with Crippen molar-refractivity contribution in [3.8, 4) is 0 Å². The highest BCUT2D eigenvalue weighted by atomic mass is 79.9. The van der Waals surface area contributed by atoms with Gasteiger partial charge in [-0.2, -0.15) is 5.10 Å². The van der Waals surface area contributed by atoms with Gasteiger partial charge in [-0.15, -0.1) is 0 Å². The summed E-state index contributed by atoms with van der Waals surface area (Å²) in [4.78, 5) is 11.5. The topological polar surface area (TPSA) is 67.2 Å². The first-order valence-electron chi connectivity index (χ1n) is 6.92. The molecule has 1 aromatic rings. The summed E-state index contributed by atoms with van der Waals surface area (Å²) in [5.74, 6) is -0.821. The average Bonchev–Trinajstić information content (AvgIpc) is 2.64. The molecule has 20 heavy (non-hydrogen) atoms. The van der Waals surface area contributed by atoms with Crippen LogP contribution in [-0.4, -0.2) is 32.9 Å². The second-order valence-corrected chi connectivity index (χ2v) is 6.34. The van der Waals surface area contributed by atoms with Crippen molar-refractivity contribution >= 4 is 21.9 Å². The first-order valence-corrected chi connectivity index (χ1v) is 7.71. The van der Waals surface area contributed by atoms with Crippen molar-refractivity contribution in [2.24, 2.45) is 0 Å². The van der Waals surface area contributed by atoms with Gasteiger partial charge in [-0.25, -0.2) is 0 Å². The van der Waals surface area contributed by atoms with Crippen LogP contribution in [0.15, 0.2) is 4.47 Å². The molecule has 0 fully saturated rings. The van der Waals surface area contributed by atoms with E-state index in [1.54, 1.807) is 6.92 Å². The lowest BCUT2D eigenvalue weighted by molar-refractivity contribution is -0.144. The van der Waals surface area contributed by atoms with Crippen molar-refractivity contribution in [2.75, 3.05) is 6.54 Å². The maximum absolute atomic E-state index is 11.5. The Morgan fingerprint density at radius 3 is 2.55 bits per heavy atom. The van der Waals surface area contributed by atoms with Crippen molar-refractivity contribution in [3.63, 3.8) is 0 Å². The molecule has 0 aliphatic heterocycles. The lowest BCUT2D eigenvalue weighted by Gasteiger charge is -2.29. The highest BCUT2D eigenvalue weighted by Crippen LogP contribution is 2.27. The molecule has 0 aliphatic rings. The Morgan fingerprint density at radius 2 is 2.15 bits per heavy atom. The number of halogens is 1. The van der Waals surface area contributed by atoms with Gasteiger partial charge in [0.2, 0.25) is 0 Å². The van der Waals surface area contributed by atoms with Crippen molar-refractivity contribution in [1.29, 1.82) is 0 Å². The van der Waals surface area contributed by atoms with E-state index in [4.69, 9.17) is 0 Å². The van der Waals surface area contributed by atoms with E-state index in [0.29, 0.717) is 13.0 Å². The third-order valence-corrected chi connectivity index (χ3v) is 4.74. The maximum atomic E-state index is 11.5. The molecule has 114 valence electrons. The smallest absolute Gasteiger partial charge is 0.323 e. The van der Waals surface area contributed by atoms with Gasteiger partial charge in [0.05, 0.1) is 21.9 Å². The van der Waals surface area contributed by atoms with Gasteiger partial charge in [-0.05, 0) is 63.0 Å². The van der Waals surface area contributed by atoms with Gasteiger partial charge in [-0.1, -0.05) is 6.92 Å². The Hall–Kier alpha value is -0.880. The normalized spacial score (nSPS) is 15.9. The summed E-state index contributed by atoms with van der Waals surface area (Å²) in [5, 5.41) is 17.1. The number of carbonyl (C=O) groups is 1. The second kappa shape index (κ2) is 6.72. The number of carboxylic acid groups (broad SMARTS) is 1. The number of aromatic nitrogens is 2. The van der Waals surface area contributed by atoms with E-state index >= 15 is 0 Å². The van der Waals surface area contributed by atoms with E-state index < -0.39 is 11.5 Å². The van der Waals surface area contributed by atoms with E-state index in [2.05, 4.69) is 26.3 Å². The highest BCUT2D eigenvalue weighted by Gasteiger charge is 2.35. The molecule has 0 amide bonds. The van der Waals surface area contributed by atoms with Crippen LogP contribution in [-0.2, 0) is 4.79 Å². The molecule has 1 aromatic heterocycles. The minimum absolute atomic E-state index is 0.00505. The molecule has 0 saturated carbocycles. The number of hydrogen-bond acceptors (Lipinski definition) is 3. The summed E-state index contributed by atoms with van der Waals surface area (Å²) in [6.07, 6.45) is 1.39. The van der Waals surface area contributed by atoms with Crippen LogP contribution in [0.1, 0.15) is 51.0 Å². The number of hydrogen-bond donors (Lipinski definition) is 2. The fourth-order valence-corrected chi connectivity index (χ4v) is 2.65. The molecule has 0 saturated heterocycles. The Labute approximate surface area is 128 Å². The molecule has 0 aromatic carbocycles. The van der Waals surface area contributed by atoms with Gasteiger partial charge in [0.15, 0.2) is 0 Å². The summed E-state index contributed by atoms with van der Waals surface area (Å²) < 4.78 is 2.89. The van der Waals surface area contributed by atoms with Crippen LogP contribution in [0.5, 0.6) is 0 Å². The summed E-state index contributed by atoms with van der Waals surface area (Å²) >= 11 is 3.50. The van der Waals surface area contributed by atoms with Crippen LogP contribution in [0, 0.1) is 13.8 Å². The van der Waals surface area contributed by atoms with E-state index in [1.165, 1.54) is 0 Å². The van der Waals surface area contributed by atoms with Gasteiger partial charge >= 0.3 is 5.97 Å². The lowest BCUT2D eigenvalue weighted by Crippen LogP contribution is -2.51. The van der Waals surface area contributed by atoms with Gasteiger partial charge in [0.25, 0.3) is 0 Å². The molecule has 2 atom stereocenters. The Balaban J connectivity index is 2.93. The van der Waals surface area contributed by atoms with Crippen molar-refractivity contribution in [2.45, 2.75) is 59.0 Å². The number of aryl methyl sites for hydroxylation is 1. The molecule has 0 bridgehead atoms. The first-order chi connectivity index (χ1) is 9.23. The number of nitrogens with zero attached hydrogens (tertiary/aromatic N) is 2. The average molecular weight is 346 g/mol. The SMILES string of the molecule is CCCNC(C)(CC(C)n1nc(C)c(Br)c1C)C(=O)O. The molecule has 5 nitrogen and oxygen atoms in total. The number of rotatable bonds is 7. The van der Waals surface area contributed by atoms with Crippen LogP contribution >= 0.6 is 15.9 Å². The monoisotopic (exact) mass is 345 g/mol. The first kappa shape index (κ1) is 17.2. The van der Waals surface area contributed by atoms with Gasteiger partial charge < -0.3 is 10.4 Å². The summed E-state index contributed by atoms with van der Waals surface area (Å²) in [6.45, 7) is 10.4. The van der Waals surface area contributed by atoms with Gasteiger partial charge in [-0.3, -0.25) is 9.48 Å². The zero-order valence-electron chi connectivity index (χ0n) is 12.8. The number of carboxylic acids is 1. The molecule has 1 heterocycles. The molecule has 2 unspecified atom stereocenters. The minimum atomic E-state index is -0.936. The van der Waals surface area contributed by atoms with Crippen molar-refractivity contribution < 1.29 is 9.90 Å². The van der Waals surface area contributed by atoms with Gasteiger partial charge in [0, 0.05) is 0 Å². The third-order valence-electron chi connectivity index (χ3n) is 3.60. The largest absolute Gasteiger partial charge is 0.480 e. The fourth-order valence-electron chi connectivity index (χ4n) is 2.39. The predicted molar refractivity (Wildman–Crippen MR) is 83.1 cm³/mol. The van der Waals surface area contributed by atoms with Crippen molar-refractivity contribution in [3.05, 3.63) is 15.9 Å². The summed E-state index contributed by atoms with van der Waals surface area (Å²) in [7, 11) is 0.